The van der Waals surface area contributed by atoms with Crippen LogP contribution in [0.2, 0.25) is 0 Å². The van der Waals surface area contributed by atoms with Crippen molar-refractivity contribution in [3.63, 3.8) is 0 Å². The van der Waals surface area contributed by atoms with E-state index < -0.39 is 0 Å². The predicted octanol–water partition coefficient (Wildman–Crippen LogP) is 2.75. The van der Waals surface area contributed by atoms with Gasteiger partial charge in [-0.2, -0.15) is 0 Å². The molecule has 1 aromatic heterocycles. The monoisotopic (exact) mass is 253 g/mol. The van der Waals surface area contributed by atoms with Crippen LogP contribution in [0, 0.1) is 0 Å². The van der Waals surface area contributed by atoms with E-state index >= 15 is 0 Å². The van der Waals surface area contributed by atoms with E-state index in [-0.39, 0.29) is 0 Å². The lowest BCUT2D eigenvalue weighted by atomic mass is 10.2. The van der Waals surface area contributed by atoms with E-state index in [1.165, 1.54) is 0 Å². The summed E-state index contributed by atoms with van der Waals surface area (Å²) >= 11 is 3.37. The second kappa shape index (κ2) is 3.46. The SMILES string of the molecule is COc1cc(Br)cc2cc(C=O)[nH]c12. The predicted molar refractivity (Wildman–Crippen MR) is 57.9 cm³/mol. The van der Waals surface area contributed by atoms with E-state index in [2.05, 4.69) is 20.9 Å². The van der Waals surface area contributed by atoms with Gasteiger partial charge in [-0.1, -0.05) is 15.9 Å². The van der Waals surface area contributed by atoms with Gasteiger partial charge in [-0.15, -0.1) is 0 Å². The number of hydrogen-bond donors (Lipinski definition) is 1. The van der Waals surface area contributed by atoms with Crippen LogP contribution in [0.15, 0.2) is 22.7 Å². The van der Waals surface area contributed by atoms with Crippen molar-refractivity contribution < 1.29 is 9.53 Å². The highest BCUT2D eigenvalue weighted by molar-refractivity contribution is 9.10. The molecule has 0 bridgehead atoms. The van der Waals surface area contributed by atoms with Crippen LogP contribution in [0.25, 0.3) is 10.9 Å². The van der Waals surface area contributed by atoms with Gasteiger partial charge in [0.1, 0.15) is 5.75 Å². The van der Waals surface area contributed by atoms with Crippen LogP contribution in [0.1, 0.15) is 10.5 Å². The first kappa shape index (κ1) is 9.27. The number of aromatic amines is 1. The first-order valence-corrected chi connectivity index (χ1v) is 4.85. The molecule has 0 spiro atoms. The minimum Gasteiger partial charge on any atom is -0.495 e. The van der Waals surface area contributed by atoms with E-state index in [9.17, 15) is 4.79 Å². The molecule has 0 fully saturated rings. The number of aromatic nitrogens is 1. The summed E-state index contributed by atoms with van der Waals surface area (Å²) in [5.74, 6) is 0.725. The molecule has 4 heteroatoms. The number of carbonyl (C=O) groups is 1. The zero-order chi connectivity index (χ0) is 10.1. The van der Waals surface area contributed by atoms with E-state index in [1.54, 1.807) is 13.2 Å². The molecule has 3 nitrogen and oxygen atoms in total. The number of H-pyrrole nitrogens is 1. The summed E-state index contributed by atoms with van der Waals surface area (Å²) in [4.78, 5) is 13.6. The van der Waals surface area contributed by atoms with Crippen molar-refractivity contribution >= 4 is 33.1 Å². The smallest absolute Gasteiger partial charge is 0.166 e. The van der Waals surface area contributed by atoms with Gasteiger partial charge < -0.3 is 9.72 Å². The quantitative estimate of drug-likeness (QED) is 0.837. The van der Waals surface area contributed by atoms with Gasteiger partial charge in [-0.05, 0) is 18.2 Å². The lowest BCUT2D eigenvalue weighted by Crippen LogP contribution is -1.84. The maximum atomic E-state index is 10.6. The Hall–Kier alpha value is -1.29. The molecule has 1 aromatic carbocycles. The molecule has 0 atom stereocenters. The van der Waals surface area contributed by atoms with E-state index in [0.29, 0.717) is 5.69 Å². The maximum Gasteiger partial charge on any atom is 0.166 e. The first-order valence-electron chi connectivity index (χ1n) is 4.06. The zero-order valence-corrected chi connectivity index (χ0v) is 9.09. The molecule has 0 saturated heterocycles. The number of carbonyl (C=O) groups excluding carboxylic acids is 1. The summed E-state index contributed by atoms with van der Waals surface area (Å²) < 4.78 is 6.12. The zero-order valence-electron chi connectivity index (χ0n) is 7.50. The second-order valence-corrected chi connectivity index (χ2v) is 3.83. The number of methoxy groups -OCH3 is 1. The van der Waals surface area contributed by atoms with Gasteiger partial charge in [0.05, 0.1) is 18.3 Å². The van der Waals surface area contributed by atoms with E-state index in [4.69, 9.17) is 4.74 Å². The van der Waals surface area contributed by atoms with Crippen LogP contribution < -0.4 is 4.74 Å². The molecule has 0 aliphatic rings. The average Bonchev–Trinajstić information content (AvgIpc) is 2.59. The Bertz CT molecular complexity index is 490. The summed E-state index contributed by atoms with van der Waals surface area (Å²) in [6.45, 7) is 0. The molecule has 1 N–H and O–H groups in total. The Morgan fingerprint density at radius 2 is 2.21 bits per heavy atom. The summed E-state index contributed by atoms with van der Waals surface area (Å²) in [7, 11) is 1.60. The lowest BCUT2D eigenvalue weighted by molar-refractivity contribution is 0.112. The van der Waals surface area contributed by atoms with Crippen molar-refractivity contribution in [2.24, 2.45) is 0 Å². The first-order chi connectivity index (χ1) is 6.74. The van der Waals surface area contributed by atoms with Crippen LogP contribution >= 0.6 is 15.9 Å². The molecule has 0 unspecified atom stereocenters. The van der Waals surface area contributed by atoms with Crippen LogP contribution in [0.4, 0.5) is 0 Å². The molecule has 0 radical (unpaired) electrons. The summed E-state index contributed by atoms with van der Waals surface area (Å²) in [6, 6.07) is 5.57. The van der Waals surface area contributed by atoms with Gasteiger partial charge in [0.25, 0.3) is 0 Å². The Kier molecular flexibility index (Phi) is 2.29. The molecule has 0 saturated carbocycles. The van der Waals surface area contributed by atoms with E-state index in [1.807, 2.05) is 12.1 Å². The molecule has 2 aromatic rings. The molecular formula is C10H8BrNO2. The number of hydrogen-bond acceptors (Lipinski definition) is 2. The third-order valence-corrected chi connectivity index (χ3v) is 2.48. The van der Waals surface area contributed by atoms with Gasteiger partial charge in [0, 0.05) is 9.86 Å². The Labute approximate surface area is 89.2 Å². The van der Waals surface area contributed by atoms with Crippen molar-refractivity contribution in [2.45, 2.75) is 0 Å². The summed E-state index contributed by atoms with van der Waals surface area (Å²) in [5, 5.41) is 0.957. The van der Waals surface area contributed by atoms with Gasteiger partial charge >= 0.3 is 0 Å². The Morgan fingerprint density at radius 3 is 2.86 bits per heavy atom. The fourth-order valence-electron chi connectivity index (χ4n) is 1.42. The Morgan fingerprint density at radius 1 is 1.43 bits per heavy atom. The van der Waals surface area contributed by atoms with Crippen molar-refractivity contribution in [3.8, 4) is 5.75 Å². The van der Waals surface area contributed by atoms with Crippen LogP contribution in [-0.4, -0.2) is 18.4 Å². The molecule has 72 valence electrons. The number of rotatable bonds is 2. The fourth-order valence-corrected chi connectivity index (χ4v) is 1.88. The van der Waals surface area contributed by atoms with E-state index in [0.717, 1.165) is 27.4 Å². The number of aldehydes is 1. The minimum atomic E-state index is 0.552. The highest BCUT2D eigenvalue weighted by Gasteiger charge is 2.06. The Balaban J connectivity index is 2.77. The second-order valence-electron chi connectivity index (χ2n) is 2.91. The van der Waals surface area contributed by atoms with Crippen LogP contribution in [-0.2, 0) is 0 Å². The van der Waals surface area contributed by atoms with Crippen molar-refractivity contribution in [2.75, 3.05) is 7.11 Å². The summed E-state index contributed by atoms with van der Waals surface area (Å²) in [5.41, 5.74) is 1.40. The number of nitrogens with one attached hydrogen (secondary N) is 1. The molecule has 14 heavy (non-hydrogen) atoms. The number of fused-ring (bicyclic) bond motifs is 1. The molecule has 0 amide bonds. The molecular weight excluding hydrogens is 246 g/mol. The number of ether oxygens (including phenoxy) is 1. The lowest BCUT2D eigenvalue weighted by Gasteiger charge is -2.01. The highest BCUT2D eigenvalue weighted by atomic mass is 79.9. The molecule has 1 heterocycles. The number of halogens is 1. The van der Waals surface area contributed by atoms with Gasteiger partial charge in [-0.3, -0.25) is 4.79 Å². The van der Waals surface area contributed by atoms with Crippen molar-refractivity contribution in [1.82, 2.24) is 4.98 Å². The van der Waals surface area contributed by atoms with Crippen molar-refractivity contribution in [3.05, 3.63) is 28.4 Å². The van der Waals surface area contributed by atoms with Crippen LogP contribution in [0.3, 0.4) is 0 Å². The summed E-state index contributed by atoms with van der Waals surface area (Å²) in [6.07, 6.45) is 0.785. The fraction of sp³-hybridized carbons (Fsp3) is 0.100. The van der Waals surface area contributed by atoms with Gasteiger partial charge in [0.2, 0.25) is 0 Å². The van der Waals surface area contributed by atoms with Gasteiger partial charge in [0.15, 0.2) is 6.29 Å². The van der Waals surface area contributed by atoms with Gasteiger partial charge in [-0.25, -0.2) is 0 Å². The normalized spacial score (nSPS) is 10.4. The topological polar surface area (TPSA) is 42.1 Å². The molecule has 0 aliphatic heterocycles. The molecule has 0 aliphatic carbocycles. The maximum absolute atomic E-state index is 10.6. The number of benzene rings is 1. The average molecular weight is 254 g/mol. The molecule has 2 rings (SSSR count). The third-order valence-electron chi connectivity index (χ3n) is 2.02. The van der Waals surface area contributed by atoms with Crippen molar-refractivity contribution in [1.29, 1.82) is 0 Å². The highest BCUT2D eigenvalue weighted by Crippen LogP contribution is 2.29. The minimum absolute atomic E-state index is 0.552. The van der Waals surface area contributed by atoms with Crippen LogP contribution in [0.5, 0.6) is 5.75 Å². The standard InChI is InChI=1S/C10H8BrNO2/c1-14-9-4-7(11)2-6-3-8(5-13)12-10(6)9/h2-5,12H,1H3. The third kappa shape index (κ3) is 1.42. The largest absolute Gasteiger partial charge is 0.495 e.